The van der Waals surface area contributed by atoms with Crippen molar-refractivity contribution in [1.29, 1.82) is 0 Å². The third-order valence-electron chi connectivity index (χ3n) is 2.38. The lowest BCUT2D eigenvalue weighted by Crippen LogP contribution is -2.14. The Hall–Kier alpha value is -1.95. The number of hydrogen-bond acceptors (Lipinski definition) is 3. The number of benzene rings is 1. The molecule has 1 aromatic rings. The molecule has 5 nitrogen and oxygen atoms in total. The number of anilines is 1. The van der Waals surface area contributed by atoms with Gasteiger partial charge in [-0.25, -0.2) is 9.18 Å². The molecule has 0 fully saturated rings. The molecular formula is C13H16FNO4. The summed E-state index contributed by atoms with van der Waals surface area (Å²) in [5, 5.41) is 11.1. The molecule has 0 saturated carbocycles. The third-order valence-corrected chi connectivity index (χ3v) is 2.38. The average molecular weight is 269 g/mol. The average Bonchev–Trinajstić information content (AvgIpc) is 2.37. The number of ether oxygens (including phenoxy) is 1. The number of hydrogen-bond donors (Lipinski definition) is 2. The molecule has 0 heterocycles. The lowest BCUT2D eigenvalue weighted by molar-refractivity contribution is -0.116. The smallest absolute Gasteiger partial charge is 0.335 e. The second-order valence-corrected chi connectivity index (χ2v) is 3.85. The fourth-order valence-corrected chi connectivity index (χ4v) is 1.45. The maximum atomic E-state index is 13.4. The second kappa shape index (κ2) is 7.48. The van der Waals surface area contributed by atoms with Gasteiger partial charge in [0.05, 0.1) is 11.3 Å². The van der Waals surface area contributed by atoms with Crippen molar-refractivity contribution in [2.45, 2.75) is 19.8 Å². The summed E-state index contributed by atoms with van der Waals surface area (Å²) in [6, 6.07) is 3.25. The largest absolute Gasteiger partial charge is 0.478 e. The van der Waals surface area contributed by atoms with Gasteiger partial charge in [0.15, 0.2) is 0 Å². The summed E-state index contributed by atoms with van der Waals surface area (Å²) >= 11 is 0. The van der Waals surface area contributed by atoms with E-state index in [9.17, 15) is 14.0 Å². The maximum absolute atomic E-state index is 13.4. The highest BCUT2D eigenvalue weighted by atomic mass is 19.1. The van der Waals surface area contributed by atoms with Crippen molar-refractivity contribution >= 4 is 17.6 Å². The Labute approximate surface area is 110 Å². The number of amides is 1. The van der Waals surface area contributed by atoms with Gasteiger partial charge in [0.2, 0.25) is 5.91 Å². The monoisotopic (exact) mass is 269 g/mol. The number of carboxylic acid groups (broad SMARTS) is 1. The number of halogens is 1. The molecular weight excluding hydrogens is 253 g/mol. The fraction of sp³-hybridized carbons (Fsp3) is 0.385. The van der Waals surface area contributed by atoms with E-state index >= 15 is 0 Å². The standard InChI is InChI=1S/C13H16FNO4/c1-2-19-7-3-4-12(16)15-11-8-9(13(17)18)5-6-10(11)14/h5-6,8H,2-4,7H2,1H3,(H,15,16)(H,17,18). The minimum absolute atomic E-state index is 0.0778. The van der Waals surface area contributed by atoms with Gasteiger partial charge < -0.3 is 15.2 Å². The number of carbonyl (C=O) groups excluding carboxylic acids is 1. The van der Waals surface area contributed by atoms with Crippen molar-refractivity contribution < 1.29 is 23.8 Å². The first-order valence-corrected chi connectivity index (χ1v) is 5.95. The minimum atomic E-state index is -1.17. The third kappa shape index (κ3) is 5.05. The summed E-state index contributed by atoms with van der Waals surface area (Å²) in [7, 11) is 0. The molecule has 2 N–H and O–H groups in total. The Morgan fingerprint density at radius 3 is 2.79 bits per heavy atom. The van der Waals surface area contributed by atoms with Crippen LogP contribution in [0.4, 0.5) is 10.1 Å². The Kier molecular flexibility index (Phi) is 5.95. The summed E-state index contributed by atoms with van der Waals surface area (Å²) in [5.74, 6) is -2.21. The first kappa shape index (κ1) is 15.1. The molecule has 1 rings (SSSR count). The van der Waals surface area contributed by atoms with E-state index in [4.69, 9.17) is 9.84 Å². The second-order valence-electron chi connectivity index (χ2n) is 3.85. The summed E-state index contributed by atoms with van der Waals surface area (Å²) in [4.78, 5) is 22.3. The van der Waals surface area contributed by atoms with Crippen LogP contribution in [0, 0.1) is 5.82 Å². The lowest BCUT2D eigenvalue weighted by Gasteiger charge is -2.07. The summed E-state index contributed by atoms with van der Waals surface area (Å²) < 4.78 is 18.5. The van der Waals surface area contributed by atoms with Gasteiger partial charge in [-0.05, 0) is 31.5 Å². The molecule has 104 valence electrons. The highest BCUT2D eigenvalue weighted by Gasteiger charge is 2.10. The zero-order chi connectivity index (χ0) is 14.3. The number of rotatable bonds is 7. The topological polar surface area (TPSA) is 75.6 Å². The van der Waals surface area contributed by atoms with Crippen LogP contribution in [0.15, 0.2) is 18.2 Å². The van der Waals surface area contributed by atoms with Gasteiger partial charge in [0, 0.05) is 19.6 Å². The molecule has 0 unspecified atom stereocenters. The zero-order valence-electron chi connectivity index (χ0n) is 10.6. The van der Waals surface area contributed by atoms with Crippen molar-refractivity contribution in [3.05, 3.63) is 29.6 Å². The normalized spacial score (nSPS) is 10.2. The van der Waals surface area contributed by atoms with E-state index in [0.717, 1.165) is 18.2 Å². The van der Waals surface area contributed by atoms with Gasteiger partial charge in [-0.2, -0.15) is 0 Å². The number of aromatic carboxylic acids is 1. The fourth-order valence-electron chi connectivity index (χ4n) is 1.45. The van der Waals surface area contributed by atoms with Gasteiger partial charge in [-0.1, -0.05) is 0 Å². The Morgan fingerprint density at radius 1 is 1.42 bits per heavy atom. The van der Waals surface area contributed by atoms with Gasteiger partial charge in [0.1, 0.15) is 5.82 Å². The number of carboxylic acids is 1. The molecule has 0 aliphatic heterocycles. The molecule has 19 heavy (non-hydrogen) atoms. The molecule has 0 aliphatic carbocycles. The molecule has 0 saturated heterocycles. The SMILES string of the molecule is CCOCCCC(=O)Nc1cc(C(=O)O)ccc1F. The lowest BCUT2D eigenvalue weighted by atomic mass is 10.2. The van der Waals surface area contributed by atoms with Crippen LogP contribution < -0.4 is 5.32 Å². The van der Waals surface area contributed by atoms with E-state index in [0.29, 0.717) is 19.6 Å². The molecule has 0 aliphatic rings. The van der Waals surface area contributed by atoms with Gasteiger partial charge >= 0.3 is 5.97 Å². The maximum Gasteiger partial charge on any atom is 0.335 e. The predicted octanol–water partition coefficient (Wildman–Crippen LogP) is 2.28. The molecule has 1 aromatic carbocycles. The van der Waals surface area contributed by atoms with Gasteiger partial charge in [0.25, 0.3) is 0 Å². The number of carbonyl (C=O) groups is 2. The van der Waals surface area contributed by atoms with Crippen LogP contribution in [0.2, 0.25) is 0 Å². The van der Waals surface area contributed by atoms with Crippen molar-refractivity contribution in [3.8, 4) is 0 Å². The molecule has 0 bridgehead atoms. The highest BCUT2D eigenvalue weighted by Crippen LogP contribution is 2.16. The molecule has 6 heteroatoms. The first-order valence-electron chi connectivity index (χ1n) is 5.95. The van der Waals surface area contributed by atoms with Crippen molar-refractivity contribution in [2.24, 2.45) is 0 Å². The van der Waals surface area contributed by atoms with Crippen LogP contribution in [0.1, 0.15) is 30.1 Å². The molecule has 0 atom stereocenters. The molecule has 0 spiro atoms. The Bertz CT molecular complexity index is 462. The quantitative estimate of drug-likeness (QED) is 0.744. The van der Waals surface area contributed by atoms with E-state index in [1.54, 1.807) is 0 Å². The summed E-state index contributed by atoms with van der Waals surface area (Å²) in [6.07, 6.45) is 0.719. The van der Waals surface area contributed by atoms with E-state index < -0.39 is 11.8 Å². The van der Waals surface area contributed by atoms with Crippen LogP contribution in [0.5, 0.6) is 0 Å². The van der Waals surface area contributed by atoms with E-state index in [1.165, 1.54) is 0 Å². The Morgan fingerprint density at radius 2 is 2.16 bits per heavy atom. The molecule has 0 radical (unpaired) electrons. The first-order chi connectivity index (χ1) is 9.04. The van der Waals surface area contributed by atoms with E-state index in [2.05, 4.69) is 5.32 Å². The van der Waals surface area contributed by atoms with Crippen LogP contribution in [-0.4, -0.2) is 30.2 Å². The van der Waals surface area contributed by atoms with Crippen LogP contribution in [0.3, 0.4) is 0 Å². The summed E-state index contributed by atoms with van der Waals surface area (Å²) in [5.41, 5.74) is -0.202. The van der Waals surface area contributed by atoms with Crippen LogP contribution in [0.25, 0.3) is 0 Å². The van der Waals surface area contributed by atoms with Crippen molar-refractivity contribution in [2.75, 3.05) is 18.5 Å². The molecule has 0 aromatic heterocycles. The minimum Gasteiger partial charge on any atom is -0.478 e. The van der Waals surface area contributed by atoms with Crippen molar-refractivity contribution in [3.63, 3.8) is 0 Å². The predicted molar refractivity (Wildman–Crippen MR) is 67.7 cm³/mol. The zero-order valence-corrected chi connectivity index (χ0v) is 10.6. The van der Waals surface area contributed by atoms with Crippen LogP contribution >= 0.6 is 0 Å². The van der Waals surface area contributed by atoms with Gasteiger partial charge in [-0.3, -0.25) is 4.79 Å². The van der Waals surface area contributed by atoms with E-state index in [-0.39, 0.29) is 23.6 Å². The summed E-state index contributed by atoms with van der Waals surface area (Å²) in [6.45, 7) is 2.89. The Balaban J connectivity index is 2.58. The highest BCUT2D eigenvalue weighted by molar-refractivity contribution is 5.94. The van der Waals surface area contributed by atoms with Gasteiger partial charge in [-0.15, -0.1) is 0 Å². The van der Waals surface area contributed by atoms with Crippen molar-refractivity contribution in [1.82, 2.24) is 0 Å². The molecule has 1 amide bonds. The van der Waals surface area contributed by atoms with Crippen LogP contribution in [-0.2, 0) is 9.53 Å². The van der Waals surface area contributed by atoms with E-state index in [1.807, 2.05) is 6.92 Å². The number of nitrogens with one attached hydrogen (secondary N) is 1.